The summed E-state index contributed by atoms with van der Waals surface area (Å²) in [6.07, 6.45) is -0.665. The monoisotopic (exact) mass is 730 g/mol. The molecule has 13 heteroatoms. The number of aromatic amines is 1. The van der Waals surface area contributed by atoms with Crippen molar-refractivity contribution >= 4 is 8.53 Å². The molecular formula is C39H47N4O8P. The summed E-state index contributed by atoms with van der Waals surface area (Å²) in [6.45, 7) is 8.41. The van der Waals surface area contributed by atoms with E-state index in [4.69, 9.17) is 28.0 Å². The first-order chi connectivity index (χ1) is 25.1. The third-order valence-electron chi connectivity index (χ3n) is 8.88. The average Bonchev–Trinajstić information content (AvgIpc) is 3.54. The first-order valence-electron chi connectivity index (χ1n) is 17.3. The van der Waals surface area contributed by atoms with Gasteiger partial charge in [-0.2, -0.15) is 5.26 Å². The van der Waals surface area contributed by atoms with Crippen molar-refractivity contribution in [3.05, 3.63) is 129 Å². The summed E-state index contributed by atoms with van der Waals surface area (Å²) in [6, 6.07) is 28.8. The van der Waals surface area contributed by atoms with Crippen LogP contribution in [0.2, 0.25) is 0 Å². The highest BCUT2D eigenvalue weighted by molar-refractivity contribution is 7.44. The number of nitrogens with zero attached hydrogens (tertiary/aromatic N) is 3. The smallest absolute Gasteiger partial charge is 0.330 e. The second-order valence-corrected chi connectivity index (χ2v) is 14.3. The second kappa shape index (κ2) is 17.9. The molecule has 1 unspecified atom stereocenters. The number of nitriles is 1. The molecule has 0 amide bonds. The van der Waals surface area contributed by atoms with Gasteiger partial charge in [-0.1, -0.05) is 54.6 Å². The van der Waals surface area contributed by atoms with Crippen molar-refractivity contribution in [2.75, 3.05) is 27.4 Å². The number of H-pyrrole nitrogens is 1. The van der Waals surface area contributed by atoms with E-state index < -0.39 is 43.8 Å². The van der Waals surface area contributed by atoms with Crippen LogP contribution in [0.5, 0.6) is 11.5 Å². The molecule has 0 aliphatic carbocycles. The zero-order chi connectivity index (χ0) is 37.3. The van der Waals surface area contributed by atoms with Crippen LogP contribution >= 0.6 is 8.53 Å². The third-order valence-corrected chi connectivity index (χ3v) is 11.0. The number of ether oxygens (including phenoxy) is 4. The Morgan fingerprint density at radius 2 is 1.48 bits per heavy atom. The van der Waals surface area contributed by atoms with Gasteiger partial charge in [-0.05, 0) is 68.7 Å². The molecule has 1 aromatic heterocycles. The molecule has 1 N–H and O–H groups in total. The molecule has 3 aromatic carbocycles. The molecule has 0 saturated carbocycles. The van der Waals surface area contributed by atoms with Crippen LogP contribution in [0.1, 0.15) is 63.5 Å². The van der Waals surface area contributed by atoms with E-state index in [9.17, 15) is 14.9 Å². The Kier molecular flexibility index (Phi) is 13.4. The maximum Gasteiger partial charge on any atom is 0.330 e. The van der Waals surface area contributed by atoms with Crippen molar-refractivity contribution in [3.8, 4) is 17.6 Å². The highest BCUT2D eigenvalue weighted by Crippen LogP contribution is 2.50. The number of rotatable bonds is 17. The molecule has 12 nitrogen and oxygen atoms in total. The van der Waals surface area contributed by atoms with Crippen LogP contribution in [-0.4, -0.2) is 65.9 Å². The zero-order valence-corrected chi connectivity index (χ0v) is 31.3. The predicted molar refractivity (Wildman–Crippen MR) is 198 cm³/mol. The molecule has 1 saturated heterocycles. The number of aromatic nitrogens is 2. The SMILES string of the molecule is COc1ccc(C(OC[C@H]2O[C@@H](n3c(=O)cc[nH]c3=O)C[C@@H]2OP(OCCC#N)N(C(C)C)C(C)C)(c2ccccc2)c2ccc(OC)cc2)cc1. The topological polar surface area (TPSA) is 137 Å². The highest BCUT2D eigenvalue weighted by atomic mass is 31.2. The normalized spacial score (nSPS) is 18.1. The molecule has 5 rings (SSSR count). The third kappa shape index (κ3) is 8.64. The lowest BCUT2D eigenvalue weighted by Gasteiger charge is -2.39. The van der Waals surface area contributed by atoms with E-state index in [1.165, 1.54) is 12.3 Å². The Morgan fingerprint density at radius 3 is 2.00 bits per heavy atom. The lowest BCUT2D eigenvalue weighted by molar-refractivity contribution is -0.0930. The molecular weight excluding hydrogens is 683 g/mol. The number of methoxy groups -OCH3 is 2. The molecule has 0 spiro atoms. The first kappa shape index (κ1) is 38.9. The Labute approximate surface area is 305 Å². The van der Waals surface area contributed by atoms with Crippen LogP contribution < -0.4 is 20.7 Å². The van der Waals surface area contributed by atoms with E-state index in [1.54, 1.807) is 14.2 Å². The van der Waals surface area contributed by atoms with Gasteiger partial charge in [0.25, 0.3) is 14.1 Å². The maximum atomic E-state index is 13.0. The molecule has 1 aliphatic heterocycles. The Bertz CT molecular complexity index is 1790. The molecule has 1 aliphatic rings. The van der Waals surface area contributed by atoms with Crippen LogP contribution in [0.15, 0.2) is 101 Å². The summed E-state index contributed by atoms with van der Waals surface area (Å²) in [5.74, 6) is 1.39. The minimum atomic E-state index is -1.69. The van der Waals surface area contributed by atoms with Crippen LogP contribution in [-0.2, 0) is 24.1 Å². The molecule has 0 bridgehead atoms. The molecule has 2 heterocycles. The van der Waals surface area contributed by atoms with E-state index >= 15 is 0 Å². The average molecular weight is 731 g/mol. The Morgan fingerprint density at radius 1 is 0.904 bits per heavy atom. The Balaban J connectivity index is 1.60. The second-order valence-electron chi connectivity index (χ2n) is 12.9. The Hall–Kier alpha value is -4.34. The number of benzene rings is 3. The van der Waals surface area contributed by atoms with Gasteiger partial charge in [-0.25, -0.2) is 14.0 Å². The van der Waals surface area contributed by atoms with E-state index in [0.29, 0.717) is 11.5 Å². The van der Waals surface area contributed by atoms with Crippen molar-refractivity contribution in [3.63, 3.8) is 0 Å². The van der Waals surface area contributed by atoms with Gasteiger partial charge in [0.05, 0.1) is 46.0 Å². The predicted octanol–water partition coefficient (Wildman–Crippen LogP) is 6.51. The molecule has 0 radical (unpaired) electrons. The largest absolute Gasteiger partial charge is 0.497 e. The van der Waals surface area contributed by atoms with Gasteiger partial charge in [0.2, 0.25) is 0 Å². The van der Waals surface area contributed by atoms with Crippen molar-refractivity contribution in [2.24, 2.45) is 0 Å². The lowest BCUT2D eigenvalue weighted by Crippen LogP contribution is -2.40. The number of nitrogens with one attached hydrogen (secondary N) is 1. The zero-order valence-electron chi connectivity index (χ0n) is 30.4. The van der Waals surface area contributed by atoms with Crippen LogP contribution in [0.25, 0.3) is 0 Å². The summed E-state index contributed by atoms with van der Waals surface area (Å²) in [7, 11) is 1.55. The van der Waals surface area contributed by atoms with Gasteiger partial charge >= 0.3 is 5.69 Å². The fraction of sp³-hybridized carbons (Fsp3) is 0.410. The molecule has 52 heavy (non-hydrogen) atoms. The lowest BCUT2D eigenvalue weighted by atomic mass is 9.80. The summed E-state index contributed by atoms with van der Waals surface area (Å²) in [5.41, 5.74) is 0.290. The van der Waals surface area contributed by atoms with Crippen molar-refractivity contribution in [2.45, 2.75) is 76.7 Å². The van der Waals surface area contributed by atoms with Crippen molar-refractivity contribution in [1.82, 2.24) is 14.2 Å². The summed E-state index contributed by atoms with van der Waals surface area (Å²) >= 11 is 0. The minimum Gasteiger partial charge on any atom is -0.497 e. The van der Waals surface area contributed by atoms with Gasteiger partial charge < -0.3 is 33.0 Å². The van der Waals surface area contributed by atoms with Gasteiger partial charge in [0, 0.05) is 30.8 Å². The fourth-order valence-corrected chi connectivity index (χ4v) is 8.28. The van der Waals surface area contributed by atoms with E-state index in [-0.39, 0.29) is 38.1 Å². The first-order valence-corrected chi connectivity index (χ1v) is 18.4. The molecule has 1 fully saturated rings. The quantitative estimate of drug-likeness (QED) is 0.0727. The van der Waals surface area contributed by atoms with Gasteiger partial charge in [0.1, 0.15) is 29.4 Å². The van der Waals surface area contributed by atoms with E-state index in [2.05, 4.69) is 43.4 Å². The van der Waals surface area contributed by atoms with E-state index in [0.717, 1.165) is 21.3 Å². The van der Waals surface area contributed by atoms with Crippen molar-refractivity contribution < 1.29 is 28.0 Å². The van der Waals surface area contributed by atoms with Crippen LogP contribution in [0.3, 0.4) is 0 Å². The van der Waals surface area contributed by atoms with Crippen LogP contribution in [0.4, 0.5) is 0 Å². The number of hydrogen-bond acceptors (Lipinski definition) is 10. The molecule has 276 valence electrons. The molecule has 4 aromatic rings. The standard InChI is InChI=1S/C39H47N4O8P/c1-27(2)43(28(3)4)52(49-24-10-22-40)51-34-25-37(42-36(44)21-23-41-38(42)45)50-35(34)26-48-39(29-11-8-7-9-12-29,30-13-17-32(46-5)18-14-30)31-15-19-33(47-6)20-16-31/h7-9,11-21,23,27-28,34-35,37H,10,24-26H2,1-6H3,(H,41,45)/t34-,35+,37+,52?/m0/s1. The van der Waals surface area contributed by atoms with Gasteiger partial charge in [-0.15, -0.1) is 0 Å². The summed E-state index contributed by atoms with van der Waals surface area (Å²) in [5, 5.41) is 9.27. The summed E-state index contributed by atoms with van der Waals surface area (Å²) in [4.78, 5) is 28.6. The highest BCUT2D eigenvalue weighted by Gasteiger charge is 2.45. The van der Waals surface area contributed by atoms with Gasteiger partial charge in [0.15, 0.2) is 0 Å². The summed E-state index contributed by atoms with van der Waals surface area (Å²) < 4.78 is 41.0. The van der Waals surface area contributed by atoms with Crippen molar-refractivity contribution in [1.29, 1.82) is 5.26 Å². The van der Waals surface area contributed by atoms with Crippen LogP contribution in [0, 0.1) is 11.3 Å². The number of hydrogen-bond donors (Lipinski definition) is 1. The van der Waals surface area contributed by atoms with E-state index in [1.807, 2.05) is 78.9 Å². The van der Waals surface area contributed by atoms with Gasteiger partial charge in [-0.3, -0.25) is 4.79 Å². The maximum absolute atomic E-state index is 13.0. The molecule has 4 atom stereocenters. The minimum absolute atomic E-state index is 0.00165. The fourth-order valence-electron chi connectivity index (χ4n) is 6.52.